The molecule has 0 unspecified atom stereocenters. The van der Waals surface area contributed by atoms with E-state index < -0.39 is 0 Å². The van der Waals surface area contributed by atoms with Crippen molar-refractivity contribution in [1.29, 1.82) is 0 Å². The van der Waals surface area contributed by atoms with Crippen LogP contribution in [0.3, 0.4) is 0 Å². The summed E-state index contributed by atoms with van der Waals surface area (Å²) in [7, 11) is 0. The van der Waals surface area contributed by atoms with Crippen LogP contribution in [0.4, 0.5) is 0 Å². The maximum atomic E-state index is 12.6. The molecule has 20 heavy (non-hydrogen) atoms. The van der Waals surface area contributed by atoms with E-state index in [4.69, 9.17) is 0 Å². The summed E-state index contributed by atoms with van der Waals surface area (Å²) in [5.74, 6) is 0.183. The van der Waals surface area contributed by atoms with Gasteiger partial charge < -0.3 is 4.90 Å². The molecular formula is C15H18N4O. The van der Waals surface area contributed by atoms with E-state index in [2.05, 4.69) is 17.2 Å². The van der Waals surface area contributed by atoms with Crippen LogP contribution in [0.1, 0.15) is 30.9 Å². The Hall–Kier alpha value is -2.17. The first-order valence-electron chi connectivity index (χ1n) is 6.99. The molecule has 1 aromatic heterocycles. The molecule has 1 aliphatic heterocycles. The number of aromatic nitrogens is 3. The number of likely N-dealkylation sites (tertiary alicyclic amines) is 1. The van der Waals surface area contributed by atoms with E-state index in [1.807, 2.05) is 46.1 Å². The summed E-state index contributed by atoms with van der Waals surface area (Å²) >= 11 is 0. The Morgan fingerprint density at radius 3 is 2.70 bits per heavy atom. The van der Waals surface area contributed by atoms with Crippen molar-refractivity contribution in [1.82, 2.24) is 19.9 Å². The highest BCUT2D eigenvalue weighted by Crippen LogP contribution is 2.27. The highest BCUT2D eigenvalue weighted by atomic mass is 16.2. The molecule has 0 radical (unpaired) electrons. The van der Waals surface area contributed by atoms with Crippen molar-refractivity contribution in [2.75, 3.05) is 13.1 Å². The third kappa shape index (κ3) is 2.31. The van der Waals surface area contributed by atoms with Crippen LogP contribution >= 0.6 is 0 Å². The number of benzene rings is 1. The third-order valence-electron chi connectivity index (χ3n) is 3.90. The average Bonchev–Trinajstić information content (AvgIpc) is 2.93. The van der Waals surface area contributed by atoms with Gasteiger partial charge in [0.25, 0.3) is 0 Å². The minimum atomic E-state index is -0.0344. The smallest absolute Gasteiger partial charge is 0.230 e. The molecule has 5 nitrogen and oxygen atoms in total. The fourth-order valence-corrected chi connectivity index (χ4v) is 2.67. The summed E-state index contributed by atoms with van der Waals surface area (Å²) in [6.07, 6.45) is 4.34. The zero-order valence-corrected chi connectivity index (χ0v) is 11.5. The monoisotopic (exact) mass is 270 g/mol. The Morgan fingerprint density at radius 2 is 2.10 bits per heavy atom. The van der Waals surface area contributed by atoms with Gasteiger partial charge in [0, 0.05) is 19.3 Å². The van der Waals surface area contributed by atoms with Gasteiger partial charge in [-0.05, 0) is 12.0 Å². The lowest BCUT2D eigenvalue weighted by Gasteiger charge is -2.40. The fourth-order valence-electron chi connectivity index (χ4n) is 2.67. The predicted octanol–water partition coefficient (Wildman–Crippen LogP) is 1.86. The maximum Gasteiger partial charge on any atom is 0.230 e. The van der Waals surface area contributed by atoms with Gasteiger partial charge in [-0.3, -0.25) is 4.79 Å². The van der Waals surface area contributed by atoms with Gasteiger partial charge >= 0.3 is 0 Å². The van der Waals surface area contributed by atoms with E-state index in [1.54, 1.807) is 6.20 Å². The number of amides is 1. The van der Waals surface area contributed by atoms with E-state index in [-0.39, 0.29) is 17.9 Å². The van der Waals surface area contributed by atoms with Gasteiger partial charge in [0.2, 0.25) is 5.91 Å². The molecule has 0 spiro atoms. The Bertz CT molecular complexity index is 561. The van der Waals surface area contributed by atoms with Gasteiger partial charge in [0.05, 0.1) is 18.2 Å². The van der Waals surface area contributed by atoms with Gasteiger partial charge in [-0.2, -0.15) is 0 Å². The molecule has 0 saturated carbocycles. The Kier molecular flexibility index (Phi) is 3.50. The van der Waals surface area contributed by atoms with Crippen LogP contribution in [0.2, 0.25) is 0 Å². The third-order valence-corrected chi connectivity index (χ3v) is 3.90. The molecule has 1 aliphatic rings. The SMILES string of the molecule is CC[C@@H](C(=O)N1CC(n2ccnn2)C1)c1ccccc1. The minimum Gasteiger partial charge on any atom is -0.338 e. The van der Waals surface area contributed by atoms with Gasteiger partial charge in [-0.15, -0.1) is 5.10 Å². The van der Waals surface area contributed by atoms with Crippen LogP contribution in [0.25, 0.3) is 0 Å². The van der Waals surface area contributed by atoms with Crippen molar-refractivity contribution in [3.8, 4) is 0 Å². The second kappa shape index (κ2) is 5.45. The molecule has 0 N–H and O–H groups in total. The zero-order valence-electron chi connectivity index (χ0n) is 11.5. The van der Waals surface area contributed by atoms with Gasteiger partial charge in [-0.25, -0.2) is 4.68 Å². The summed E-state index contributed by atoms with van der Waals surface area (Å²) in [5.41, 5.74) is 1.10. The molecule has 1 aromatic carbocycles. The van der Waals surface area contributed by atoms with Crippen LogP contribution in [-0.4, -0.2) is 38.9 Å². The van der Waals surface area contributed by atoms with Crippen molar-refractivity contribution >= 4 is 5.91 Å². The highest BCUT2D eigenvalue weighted by Gasteiger charge is 2.35. The number of nitrogens with zero attached hydrogens (tertiary/aromatic N) is 4. The van der Waals surface area contributed by atoms with E-state index in [1.165, 1.54) is 0 Å². The van der Waals surface area contributed by atoms with Crippen LogP contribution in [-0.2, 0) is 4.79 Å². The van der Waals surface area contributed by atoms with Crippen molar-refractivity contribution in [2.45, 2.75) is 25.3 Å². The molecule has 1 atom stereocenters. The van der Waals surface area contributed by atoms with Crippen molar-refractivity contribution in [3.63, 3.8) is 0 Å². The number of rotatable bonds is 4. The van der Waals surface area contributed by atoms with Crippen LogP contribution < -0.4 is 0 Å². The number of carbonyl (C=O) groups is 1. The lowest BCUT2D eigenvalue weighted by Crippen LogP contribution is -2.52. The normalized spacial score (nSPS) is 16.8. The summed E-state index contributed by atoms with van der Waals surface area (Å²) in [4.78, 5) is 14.5. The van der Waals surface area contributed by atoms with Crippen LogP contribution in [0, 0.1) is 0 Å². The van der Waals surface area contributed by atoms with Crippen LogP contribution in [0.5, 0.6) is 0 Å². The Labute approximate surface area is 118 Å². The summed E-state index contributed by atoms with van der Waals surface area (Å²) < 4.78 is 1.83. The lowest BCUT2D eigenvalue weighted by atomic mass is 9.93. The van der Waals surface area contributed by atoms with Gasteiger partial charge in [0.1, 0.15) is 0 Å². The molecule has 5 heteroatoms. The molecule has 1 fully saturated rings. The molecular weight excluding hydrogens is 252 g/mol. The first-order chi connectivity index (χ1) is 9.79. The predicted molar refractivity (Wildman–Crippen MR) is 75.1 cm³/mol. The van der Waals surface area contributed by atoms with Crippen molar-refractivity contribution in [2.24, 2.45) is 0 Å². The second-order valence-electron chi connectivity index (χ2n) is 5.15. The van der Waals surface area contributed by atoms with Gasteiger partial charge in [-0.1, -0.05) is 42.5 Å². The number of hydrogen-bond donors (Lipinski definition) is 0. The first kappa shape index (κ1) is 12.8. The van der Waals surface area contributed by atoms with Crippen LogP contribution in [0.15, 0.2) is 42.7 Å². The molecule has 1 saturated heterocycles. The standard InChI is InChI=1S/C15H18N4O/c1-2-14(12-6-4-3-5-7-12)15(20)18-10-13(11-18)19-9-8-16-17-19/h3-9,13-14H,2,10-11H2,1H3/t14-/m1/s1. The second-order valence-corrected chi connectivity index (χ2v) is 5.15. The lowest BCUT2D eigenvalue weighted by molar-refractivity contribution is -0.139. The van der Waals surface area contributed by atoms with Crippen molar-refractivity contribution in [3.05, 3.63) is 48.3 Å². The first-order valence-corrected chi connectivity index (χ1v) is 6.99. The summed E-state index contributed by atoms with van der Waals surface area (Å²) in [5, 5.41) is 7.79. The molecule has 0 bridgehead atoms. The fraction of sp³-hybridized carbons (Fsp3) is 0.400. The zero-order chi connectivity index (χ0) is 13.9. The molecule has 3 rings (SSSR count). The summed E-state index contributed by atoms with van der Waals surface area (Å²) in [6.45, 7) is 3.52. The quantitative estimate of drug-likeness (QED) is 0.852. The van der Waals surface area contributed by atoms with E-state index in [0.717, 1.165) is 25.1 Å². The largest absolute Gasteiger partial charge is 0.338 e. The van der Waals surface area contributed by atoms with E-state index in [9.17, 15) is 4.79 Å². The minimum absolute atomic E-state index is 0.0344. The number of carbonyl (C=O) groups excluding carboxylic acids is 1. The molecule has 2 aromatic rings. The Morgan fingerprint density at radius 1 is 1.35 bits per heavy atom. The number of hydrogen-bond acceptors (Lipinski definition) is 3. The molecule has 0 aliphatic carbocycles. The summed E-state index contributed by atoms with van der Waals surface area (Å²) in [6, 6.07) is 10.3. The molecule has 2 heterocycles. The maximum absolute atomic E-state index is 12.6. The Balaban J connectivity index is 1.65. The highest BCUT2D eigenvalue weighted by molar-refractivity contribution is 5.84. The average molecular weight is 270 g/mol. The van der Waals surface area contributed by atoms with E-state index in [0.29, 0.717) is 0 Å². The topological polar surface area (TPSA) is 51.0 Å². The van der Waals surface area contributed by atoms with Gasteiger partial charge in [0.15, 0.2) is 0 Å². The van der Waals surface area contributed by atoms with E-state index >= 15 is 0 Å². The van der Waals surface area contributed by atoms with Crippen molar-refractivity contribution < 1.29 is 4.79 Å². The molecule has 1 amide bonds. The molecule has 104 valence electrons.